The molecule has 3 N–H and O–H groups in total. The number of nitrogens with one attached hydrogen (secondary N) is 2. The molecule has 7 rings (SSSR count). The summed E-state index contributed by atoms with van der Waals surface area (Å²) in [5.74, 6) is -1.23. The van der Waals surface area contributed by atoms with Gasteiger partial charge in [-0.3, -0.25) is 14.3 Å². The van der Waals surface area contributed by atoms with Crippen molar-refractivity contribution in [2.45, 2.75) is 96.2 Å². The summed E-state index contributed by atoms with van der Waals surface area (Å²) < 4.78 is 25.4. The van der Waals surface area contributed by atoms with Gasteiger partial charge in [0.05, 0.1) is 36.4 Å². The number of para-hydroxylation sites is 1. The highest BCUT2D eigenvalue weighted by atomic mass is 28.4. The zero-order chi connectivity index (χ0) is 41.2. The summed E-state index contributed by atoms with van der Waals surface area (Å²) in [6.45, 7) is 12.2. The van der Waals surface area contributed by atoms with E-state index in [0.29, 0.717) is 42.1 Å². The number of halogens is 1. The van der Waals surface area contributed by atoms with Gasteiger partial charge in [-0.2, -0.15) is 0 Å². The van der Waals surface area contributed by atoms with Crippen LogP contribution in [0, 0.1) is 5.92 Å². The standard InChI is InChI=1S/C46H55FN6O4Si/c1-30(2)13-12-14-31(3)21-24-53-41-20-19-35(49-43(55)25-34-27-48-39-18-11-10-17-36(34)39)26-38(41)46(45(53)56)32(4)44(58(5,6)47)42(57-46)22-23-52-28-40(50-51-52)37(29-54)33-15-8-7-9-16-33/h7-11,13,15-21,26-28,32,37,42,44,48,54H,12,14,22-25,29H2,1-6H3,(H,49,55)/b31-21+/t32-,37?,42+,44-,46+/m0/s1. The van der Waals surface area contributed by atoms with E-state index in [9.17, 15) is 9.90 Å². The Balaban J connectivity index is 1.18. The van der Waals surface area contributed by atoms with Crippen molar-refractivity contribution in [3.8, 4) is 0 Å². The molecule has 1 spiro atoms. The first kappa shape index (κ1) is 41.0. The number of carbonyl (C=O) groups excluding carboxylic acids is 2. The molecule has 4 heterocycles. The summed E-state index contributed by atoms with van der Waals surface area (Å²) in [6, 6.07) is 23.1. The molecule has 3 aromatic carbocycles. The Hall–Kier alpha value is -5.17. The van der Waals surface area contributed by atoms with E-state index in [2.05, 4.69) is 53.5 Å². The van der Waals surface area contributed by atoms with Crippen molar-refractivity contribution < 1.29 is 23.5 Å². The molecular formula is C46H55FN6O4Si. The van der Waals surface area contributed by atoms with Crippen LogP contribution in [0.15, 0.2) is 108 Å². The van der Waals surface area contributed by atoms with Gasteiger partial charge in [0, 0.05) is 59.1 Å². The molecule has 12 heteroatoms. The third-order valence-electron chi connectivity index (χ3n) is 11.9. The summed E-state index contributed by atoms with van der Waals surface area (Å²) in [5.41, 5.74) is 5.80. The lowest BCUT2D eigenvalue weighted by Crippen LogP contribution is -2.45. The zero-order valence-corrected chi connectivity index (χ0v) is 35.3. The van der Waals surface area contributed by atoms with Gasteiger partial charge in [-0.15, -0.1) is 5.10 Å². The van der Waals surface area contributed by atoms with Crippen molar-refractivity contribution in [2.24, 2.45) is 5.92 Å². The molecule has 1 unspecified atom stereocenters. The second kappa shape index (κ2) is 17.0. The van der Waals surface area contributed by atoms with Gasteiger partial charge in [-0.1, -0.05) is 84.0 Å². The van der Waals surface area contributed by atoms with Gasteiger partial charge in [-0.25, -0.2) is 0 Å². The number of aryl methyl sites for hydroxylation is 1. The van der Waals surface area contributed by atoms with E-state index < -0.39 is 31.6 Å². The fraction of sp³-hybridized carbons (Fsp3) is 0.391. The van der Waals surface area contributed by atoms with Gasteiger partial charge in [0.15, 0.2) is 5.60 Å². The minimum Gasteiger partial charge on any atom is -0.395 e. The number of anilines is 2. The van der Waals surface area contributed by atoms with E-state index in [1.807, 2.05) is 92.1 Å². The topological polar surface area (TPSA) is 125 Å². The number of carbonyl (C=O) groups is 2. The Labute approximate surface area is 341 Å². The lowest BCUT2D eigenvalue weighted by atomic mass is 9.82. The smallest absolute Gasteiger partial charge is 0.264 e. The summed E-state index contributed by atoms with van der Waals surface area (Å²) in [6.07, 6.45) is 9.76. The van der Waals surface area contributed by atoms with Crippen LogP contribution < -0.4 is 10.2 Å². The Kier molecular flexibility index (Phi) is 12.0. The lowest BCUT2D eigenvalue weighted by Gasteiger charge is -2.31. The van der Waals surface area contributed by atoms with Crippen LogP contribution in [0.4, 0.5) is 15.5 Å². The number of aliphatic hydroxyl groups is 1. The maximum absolute atomic E-state index is 16.7. The number of allylic oxidation sites excluding steroid dienone is 3. The van der Waals surface area contributed by atoms with Crippen molar-refractivity contribution in [1.29, 1.82) is 0 Å². The summed E-state index contributed by atoms with van der Waals surface area (Å²) in [7, 11) is -3.44. The number of amides is 2. The van der Waals surface area contributed by atoms with Crippen LogP contribution in [0.3, 0.4) is 0 Å². The van der Waals surface area contributed by atoms with E-state index in [1.54, 1.807) is 22.7 Å². The number of aliphatic hydroxyl groups excluding tert-OH is 1. The number of benzene rings is 3. The first-order valence-corrected chi connectivity index (χ1v) is 23.3. The number of hydrogen-bond acceptors (Lipinski definition) is 6. The SMILES string of the molecule is CC(C)=CCC/C(C)=C/CN1C(=O)[C@]2(O[C@H](CCn3cc(C(CO)c4ccccc4)nn3)[C@@H]([Si](C)(C)F)[C@@H]2C)c2cc(NC(=O)Cc3c[nH]c4ccccc34)ccc21. The largest absolute Gasteiger partial charge is 0.395 e. The van der Waals surface area contributed by atoms with Gasteiger partial charge in [0.2, 0.25) is 14.3 Å². The van der Waals surface area contributed by atoms with Crippen LogP contribution >= 0.6 is 0 Å². The predicted octanol–water partition coefficient (Wildman–Crippen LogP) is 8.97. The zero-order valence-electron chi connectivity index (χ0n) is 34.3. The Bertz CT molecular complexity index is 2330. The third kappa shape index (κ3) is 8.23. The fourth-order valence-corrected chi connectivity index (χ4v) is 11.6. The van der Waals surface area contributed by atoms with E-state index in [0.717, 1.165) is 34.9 Å². The van der Waals surface area contributed by atoms with Crippen molar-refractivity contribution in [3.63, 3.8) is 0 Å². The predicted molar refractivity (Wildman–Crippen MR) is 230 cm³/mol. The maximum Gasteiger partial charge on any atom is 0.264 e. The molecule has 1 saturated heterocycles. The molecule has 5 atom stereocenters. The van der Waals surface area contributed by atoms with Crippen LogP contribution in [-0.4, -0.2) is 64.6 Å². The van der Waals surface area contributed by atoms with Crippen molar-refractivity contribution in [3.05, 3.63) is 131 Å². The second-order valence-electron chi connectivity index (χ2n) is 16.7. The molecule has 1 fully saturated rings. The van der Waals surface area contributed by atoms with E-state index in [4.69, 9.17) is 4.74 Å². The monoisotopic (exact) mass is 802 g/mol. The molecule has 2 aromatic heterocycles. The highest BCUT2D eigenvalue weighted by molar-refractivity contribution is 6.72. The number of hydrogen-bond donors (Lipinski definition) is 3. The average molecular weight is 803 g/mol. The third-order valence-corrected chi connectivity index (χ3v) is 14.4. The molecule has 58 heavy (non-hydrogen) atoms. The number of ether oxygens (including phenoxy) is 1. The van der Waals surface area contributed by atoms with Gasteiger partial charge >= 0.3 is 0 Å². The number of rotatable bonds is 15. The average Bonchev–Trinajstić information content (AvgIpc) is 3.95. The van der Waals surface area contributed by atoms with Crippen LogP contribution in [0.25, 0.3) is 10.9 Å². The van der Waals surface area contributed by atoms with Gasteiger partial charge in [0.25, 0.3) is 5.91 Å². The Morgan fingerprint density at radius 3 is 2.59 bits per heavy atom. The number of aromatic amines is 1. The van der Waals surface area contributed by atoms with Gasteiger partial charge in [-0.05, 0) is 88.5 Å². The maximum atomic E-state index is 16.7. The minimum absolute atomic E-state index is 0.119. The minimum atomic E-state index is -3.44. The first-order valence-electron chi connectivity index (χ1n) is 20.3. The molecule has 2 amide bonds. The number of H-pyrrole nitrogens is 1. The van der Waals surface area contributed by atoms with Gasteiger partial charge < -0.3 is 29.2 Å². The van der Waals surface area contributed by atoms with E-state index >= 15 is 8.90 Å². The van der Waals surface area contributed by atoms with Crippen LogP contribution in [-0.2, 0) is 32.9 Å². The van der Waals surface area contributed by atoms with Gasteiger partial charge in [0.1, 0.15) is 0 Å². The van der Waals surface area contributed by atoms with Crippen LogP contribution in [0.1, 0.15) is 75.3 Å². The molecule has 0 bridgehead atoms. The molecule has 0 saturated carbocycles. The van der Waals surface area contributed by atoms with E-state index in [1.165, 1.54) is 11.1 Å². The van der Waals surface area contributed by atoms with Crippen LogP contribution in [0.2, 0.25) is 18.6 Å². The number of nitrogens with zero attached hydrogens (tertiary/aromatic N) is 4. The van der Waals surface area contributed by atoms with Crippen LogP contribution in [0.5, 0.6) is 0 Å². The quantitative estimate of drug-likeness (QED) is 0.0552. The van der Waals surface area contributed by atoms with Crippen molar-refractivity contribution >= 4 is 42.5 Å². The summed E-state index contributed by atoms with van der Waals surface area (Å²) in [4.78, 5) is 33.6. The highest BCUT2D eigenvalue weighted by Crippen LogP contribution is 2.60. The van der Waals surface area contributed by atoms with Crippen molar-refractivity contribution in [1.82, 2.24) is 20.0 Å². The molecule has 2 aliphatic rings. The lowest BCUT2D eigenvalue weighted by molar-refractivity contribution is -0.145. The molecule has 0 radical (unpaired) electrons. The Morgan fingerprint density at radius 1 is 1.09 bits per heavy atom. The first-order chi connectivity index (χ1) is 27.8. The molecule has 0 aliphatic carbocycles. The van der Waals surface area contributed by atoms with Crippen molar-refractivity contribution in [2.75, 3.05) is 23.4 Å². The number of fused-ring (bicyclic) bond motifs is 3. The highest BCUT2D eigenvalue weighted by Gasteiger charge is 2.66. The molecule has 2 aliphatic heterocycles. The molecule has 5 aromatic rings. The van der Waals surface area contributed by atoms with E-state index in [-0.39, 0.29) is 30.8 Å². The summed E-state index contributed by atoms with van der Waals surface area (Å²) >= 11 is 0. The Morgan fingerprint density at radius 2 is 1.84 bits per heavy atom. The number of aromatic nitrogens is 4. The molecule has 304 valence electrons. The normalized spacial score (nSPS) is 21.2. The summed E-state index contributed by atoms with van der Waals surface area (Å²) in [5, 5.41) is 23.1. The fourth-order valence-electron chi connectivity index (χ4n) is 9.07. The second-order valence-corrected chi connectivity index (χ2v) is 20.5. The molecular weight excluding hydrogens is 748 g/mol. The molecule has 10 nitrogen and oxygen atoms in total.